The van der Waals surface area contributed by atoms with Crippen LogP contribution in [0.25, 0.3) is 0 Å². The lowest BCUT2D eigenvalue weighted by Gasteiger charge is -2.12. The number of carbonyl (C=O) groups is 1. The molecule has 5 nitrogen and oxygen atoms in total. The van der Waals surface area contributed by atoms with Gasteiger partial charge < -0.3 is 20.1 Å². The zero-order valence-corrected chi connectivity index (χ0v) is 12.0. The minimum Gasteiger partial charge on any atom is -0.382 e. The van der Waals surface area contributed by atoms with Crippen molar-refractivity contribution >= 4 is 5.91 Å². The van der Waals surface area contributed by atoms with E-state index in [4.69, 9.17) is 9.47 Å². The van der Waals surface area contributed by atoms with Gasteiger partial charge in [-0.15, -0.1) is 0 Å². The summed E-state index contributed by atoms with van der Waals surface area (Å²) >= 11 is 0. The molecule has 0 aliphatic heterocycles. The average Bonchev–Trinajstić information content (AvgIpc) is 2.32. The molecular weight excluding hydrogens is 232 g/mol. The first kappa shape index (κ1) is 17.4. The molecule has 0 heterocycles. The van der Waals surface area contributed by atoms with Crippen LogP contribution in [0.4, 0.5) is 0 Å². The smallest absolute Gasteiger partial charge is 0.221 e. The fourth-order valence-electron chi connectivity index (χ4n) is 1.57. The number of rotatable bonds is 12. The van der Waals surface area contributed by atoms with Gasteiger partial charge in [-0.1, -0.05) is 6.92 Å². The lowest BCUT2D eigenvalue weighted by atomic mass is 10.2. The van der Waals surface area contributed by atoms with Gasteiger partial charge in [0.25, 0.3) is 0 Å². The second kappa shape index (κ2) is 12.8. The van der Waals surface area contributed by atoms with Gasteiger partial charge in [0.2, 0.25) is 5.91 Å². The van der Waals surface area contributed by atoms with Gasteiger partial charge in [0, 0.05) is 32.7 Å². The summed E-state index contributed by atoms with van der Waals surface area (Å²) in [6.45, 7) is 7.69. The van der Waals surface area contributed by atoms with Crippen molar-refractivity contribution in [1.82, 2.24) is 10.6 Å². The van der Waals surface area contributed by atoms with Gasteiger partial charge >= 0.3 is 0 Å². The van der Waals surface area contributed by atoms with Crippen molar-refractivity contribution in [2.45, 2.75) is 39.2 Å². The molecule has 5 heteroatoms. The molecule has 0 aliphatic rings. The lowest BCUT2D eigenvalue weighted by molar-refractivity contribution is -0.121. The summed E-state index contributed by atoms with van der Waals surface area (Å²) in [6, 6.07) is 0.243. The predicted octanol–water partition coefficient (Wildman–Crippen LogP) is 0.934. The largest absolute Gasteiger partial charge is 0.382 e. The maximum atomic E-state index is 11.5. The standard InChI is InChI=1S/C13H28N2O3/c1-4-14-12(2)11-13(16)15-7-5-6-8-18-10-9-17-3/h12,14H,4-11H2,1-3H3,(H,15,16). The van der Waals surface area contributed by atoms with Gasteiger partial charge in [0.15, 0.2) is 0 Å². The number of hydrogen-bond donors (Lipinski definition) is 2. The van der Waals surface area contributed by atoms with Crippen LogP contribution in [0.5, 0.6) is 0 Å². The van der Waals surface area contributed by atoms with E-state index in [9.17, 15) is 4.79 Å². The predicted molar refractivity (Wildman–Crippen MR) is 72.7 cm³/mol. The Labute approximate surface area is 111 Å². The Bertz CT molecular complexity index is 201. The lowest BCUT2D eigenvalue weighted by Crippen LogP contribution is -2.34. The van der Waals surface area contributed by atoms with Crippen LogP contribution in [0.1, 0.15) is 33.1 Å². The number of unbranched alkanes of at least 4 members (excludes halogenated alkanes) is 1. The number of carbonyl (C=O) groups excluding carboxylic acids is 1. The Kier molecular flexibility index (Phi) is 12.3. The molecule has 0 radical (unpaired) electrons. The summed E-state index contributed by atoms with van der Waals surface area (Å²) in [4.78, 5) is 11.5. The van der Waals surface area contributed by atoms with Crippen molar-refractivity contribution in [2.75, 3.05) is 40.0 Å². The Hall–Kier alpha value is -0.650. The Morgan fingerprint density at radius 2 is 2.00 bits per heavy atom. The molecule has 18 heavy (non-hydrogen) atoms. The van der Waals surface area contributed by atoms with Crippen molar-refractivity contribution in [3.63, 3.8) is 0 Å². The summed E-state index contributed by atoms with van der Waals surface area (Å²) in [5.74, 6) is 0.115. The molecule has 1 amide bonds. The molecule has 0 aromatic rings. The second-order valence-electron chi connectivity index (χ2n) is 4.33. The summed E-state index contributed by atoms with van der Waals surface area (Å²) in [5.41, 5.74) is 0. The maximum Gasteiger partial charge on any atom is 0.221 e. The number of hydrogen-bond acceptors (Lipinski definition) is 4. The van der Waals surface area contributed by atoms with Crippen LogP contribution in [0.15, 0.2) is 0 Å². The highest BCUT2D eigenvalue weighted by molar-refractivity contribution is 5.76. The van der Waals surface area contributed by atoms with E-state index in [1.165, 1.54) is 0 Å². The number of ether oxygens (including phenoxy) is 2. The fraction of sp³-hybridized carbons (Fsp3) is 0.923. The first-order chi connectivity index (χ1) is 8.70. The Morgan fingerprint density at radius 1 is 1.22 bits per heavy atom. The van der Waals surface area contributed by atoms with E-state index in [-0.39, 0.29) is 11.9 Å². The summed E-state index contributed by atoms with van der Waals surface area (Å²) < 4.78 is 10.2. The van der Waals surface area contributed by atoms with Crippen molar-refractivity contribution < 1.29 is 14.3 Å². The van der Waals surface area contributed by atoms with Gasteiger partial charge in [-0.2, -0.15) is 0 Å². The average molecular weight is 260 g/mol. The van der Waals surface area contributed by atoms with Gasteiger partial charge in [-0.05, 0) is 26.3 Å². The minimum atomic E-state index is 0.115. The normalized spacial score (nSPS) is 12.4. The summed E-state index contributed by atoms with van der Waals surface area (Å²) in [6.07, 6.45) is 2.46. The molecule has 1 unspecified atom stereocenters. The third-order valence-corrected chi connectivity index (χ3v) is 2.51. The third-order valence-electron chi connectivity index (χ3n) is 2.51. The van der Waals surface area contributed by atoms with Crippen LogP contribution in [-0.4, -0.2) is 52.0 Å². The Balaban J connectivity index is 3.25. The summed E-state index contributed by atoms with van der Waals surface area (Å²) in [7, 11) is 1.66. The van der Waals surface area contributed by atoms with Crippen molar-refractivity contribution in [1.29, 1.82) is 0 Å². The molecule has 0 saturated carbocycles. The maximum absolute atomic E-state index is 11.5. The first-order valence-electron chi connectivity index (χ1n) is 6.77. The SMILES string of the molecule is CCNC(C)CC(=O)NCCCCOCCOC. The number of amides is 1. The zero-order chi connectivity index (χ0) is 13.6. The van der Waals surface area contributed by atoms with Crippen molar-refractivity contribution in [3.05, 3.63) is 0 Å². The third kappa shape index (κ3) is 11.8. The van der Waals surface area contributed by atoms with E-state index in [2.05, 4.69) is 10.6 Å². The first-order valence-corrected chi connectivity index (χ1v) is 6.77. The van der Waals surface area contributed by atoms with Crippen LogP contribution in [0.2, 0.25) is 0 Å². The quantitative estimate of drug-likeness (QED) is 0.513. The molecule has 0 spiro atoms. The van der Waals surface area contributed by atoms with E-state index in [0.717, 1.165) is 32.5 Å². The second-order valence-corrected chi connectivity index (χ2v) is 4.33. The molecular formula is C13H28N2O3. The van der Waals surface area contributed by atoms with Crippen LogP contribution >= 0.6 is 0 Å². The van der Waals surface area contributed by atoms with Crippen LogP contribution in [0, 0.1) is 0 Å². The monoisotopic (exact) mass is 260 g/mol. The Morgan fingerprint density at radius 3 is 2.67 bits per heavy atom. The van der Waals surface area contributed by atoms with Gasteiger partial charge in [0.05, 0.1) is 13.2 Å². The molecule has 0 saturated heterocycles. The minimum absolute atomic E-state index is 0.115. The molecule has 2 N–H and O–H groups in total. The van der Waals surface area contributed by atoms with Crippen LogP contribution in [0.3, 0.4) is 0 Å². The van der Waals surface area contributed by atoms with Gasteiger partial charge in [0.1, 0.15) is 0 Å². The molecule has 0 aromatic carbocycles. The van der Waals surface area contributed by atoms with Gasteiger partial charge in [-0.3, -0.25) is 4.79 Å². The molecule has 1 atom stereocenters. The van der Waals surface area contributed by atoms with E-state index >= 15 is 0 Å². The molecule has 0 aromatic heterocycles. The van der Waals surface area contributed by atoms with E-state index in [1.54, 1.807) is 7.11 Å². The molecule has 108 valence electrons. The topological polar surface area (TPSA) is 59.6 Å². The molecule has 0 fully saturated rings. The number of methoxy groups -OCH3 is 1. The highest BCUT2D eigenvalue weighted by Crippen LogP contribution is 1.92. The molecule has 0 aliphatic carbocycles. The highest BCUT2D eigenvalue weighted by Gasteiger charge is 2.06. The fourth-order valence-corrected chi connectivity index (χ4v) is 1.57. The van der Waals surface area contributed by atoms with Crippen LogP contribution < -0.4 is 10.6 Å². The van der Waals surface area contributed by atoms with Crippen molar-refractivity contribution in [3.8, 4) is 0 Å². The van der Waals surface area contributed by atoms with Gasteiger partial charge in [-0.25, -0.2) is 0 Å². The van der Waals surface area contributed by atoms with E-state index in [1.807, 2.05) is 13.8 Å². The molecule has 0 bridgehead atoms. The molecule has 0 rings (SSSR count). The van der Waals surface area contributed by atoms with E-state index < -0.39 is 0 Å². The van der Waals surface area contributed by atoms with Crippen LogP contribution in [-0.2, 0) is 14.3 Å². The van der Waals surface area contributed by atoms with E-state index in [0.29, 0.717) is 19.6 Å². The number of nitrogens with one attached hydrogen (secondary N) is 2. The zero-order valence-electron chi connectivity index (χ0n) is 12.0. The van der Waals surface area contributed by atoms with Crippen molar-refractivity contribution in [2.24, 2.45) is 0 Å². The highest BCUT2D eigenvalue weighted by atomic mass is 16.5. The summed E-state index contributed by atoms with van der Waals surface area (Å²) in [5, 5.41) is 6.13.